The van der Waals surface area contributed by atoms with Crippen LogP contribution in [-0.2, 0) is 14.3 Å². The summed E-state index contributed by atoms with van der Waals surface area (Å²) in [6, 6.07) is 10.5. The van der Waals surface area contributed by atoms with Crippen molar-refractivity contribution >= 4 is 40.8 Å². The van der Waals surface area contributed by atoms with Gasteiger partial charge in [-0.1, -0.05) is 11.6 Å². The molecular formula is C19H19ClN2O5. The summed E-state index contributed by atoms with van der Waals surface area (Å²) < 4.78 is 10.0. The molecule has 0 aliphatic carbocycles. The average molecular weight is 391 g/mol. The zero-order valence-electron chi connectivity index (χ0n) is 14.8. The van der Waals surface area contributed by atoms with Crippen molar-refractivity contribution in [2.45, 2.75) is 20.0 Å². The van der Waals surface area contributed by atoms with Gasteiger partial charge in [-0.05, 0) is 56.3 Å². The predicted octanol–water partition coefficient (Wildman–Crippen LogP) is 3.28. The molecule has 0 heterocycles. The maximum atomic E-state index is 12.0. The Balaban J connectivity index is 1.88. The summed E-state index contributed by atoms with van der Waals surface area (Å²) in [5.41, 5.74) is 6.80. The van der Waals surface area contributed by atoms with Crippen LogP contribution in [0.1, 0.15) is 34.6 Å². The third-order valence-corrected chi connectivity index (χ3v) is 3.55. The molecule has 1 amide bonds. The molecule has 0 atom stereocenters. The van der Waals surface area contributed by atoms with Crippen molar-refractivity contribution in [3.63, 3.8) is 0 Å². The molecule has 8 heteroatoms. The molecule has 2 rings (SSSR count). The van der Waals surface area contributed by atoms with Gasteiger partial charge in [0.1, 0.15) is 0 Å². The number of amides is 1. The Labute approximate surface area is 161 Å². The lowest BCUT2D eigenvalue weighted by molar-refractivity contribution is -0.119. The second-order valence-electron chi connectivity index (χ2n) is 5.89. The van der Waals surface area contributed by atoms with Gasteiger partial charge in [-0.15, -0.1) is 0 Å². The fraction of sp³-hybridized carbons (Fsp3) is 0.211. The van der Waals surface area contributed by atoms with Gasteiger partial charge in [-0.2, -0.15) is 0 Å². The molecule has 0 aromatic heterocycles. The minimum absolute atomic E-state index is 0.125. The second-order valence-corrected chi connectivity index (χ2v) is 6.32. The van der Waals surface area contributed by atoms with Crippen molar-refractivity contribution in [1.29, 1.82) is 0 Å². The minimum Gasteiger partial charge on any atom is -0.459 e. The van der Waals surface area contributed by atoms with Gasteiger partial charge in [-0.3, -0.25) is 4.79 Å². The monoisotopic (exact) mass is 390 g/mol. The average Bonchev–Trinajstić information content (AvgIpc) is 2.59. The van der Waals surface area contributed by atoms with E-state index in [4.69, 9.17) is 26.8 Å². The second kappa shape index (κ2) is 9.05. The number of hydrogen-bond acceptors (Lipinski definition) is 6. The Bertz CT molecular complexity index is 850. The van der Waals surface area contributed by atoms with E-state index < -0.39 is 24.5 Å². The Morgan fingerprint density at radius 1 is 1.07 bits per heavy atom. The quantitative estimate of drug-likeness (QED) is 0.578. The Morgan fingerprint density at radius 3 is 2.33 bits per heavy atom. The van der Waals surface area contributed by atoms with E-state index in [0.29, 0.717) is 16.3 Å². The summed E-state index contributed by atoms with van der Waals surface area (Å²) in [6.45, 7) is 3.02. The molecule has 0 spiro atoms. The van der Waals surface area contributed by atoms with Gasteiger partial charge < -0.3 is 20.5 Å². The smallest absolute Gasteiger partial charge is 0.340 e. The lowest BCUT2D eigenvalue weighted by atomic mass is 10.2. The van der Waals surface area contributed by atoms with Crippen molar-refractivity contribution in [3.05, 3.63) is 58.6 Å². The molecule has 0 saturated carbocycles. The van der Waals surface area contributed by atoms with Crippen molar-refractivity contribution in [2.24, 2.45) is 0 Å². The molecule has 0 radical (unpaired) electrons. The first-order chi connectivity index (χ1) is 12.8. The van der Waals surface area contributed by atoms with E-state index in [1.165, 1.54) is 30.3 Å². The summed E-state index contributed by atoms with van der Waals surface area (Å²) in [5, 5.41) is 2.95. The summed E-state index contributed by atoms with van der Waals surface area (Å²) in [6.07, 6.45) is -0.221. The van der Waals surface area contributed by atoms with Crippen molar-refractivity contribution in [1.82, 2.24) is 0 Å². The number of carbonyl (C=O) groups is 3. The number of esters is 2. The van der Waals surface area contributed by atoms with Gasteiger partial charge in [0.2, 0.25) is 0 Å². The molecule has 0 bridgehead atoms. The van der Waals surface area contributed by atoms with Gasteiger partial charge in [0, 0.05) is 16.4 Å². The largest absolute Gasteiger partial charge is 0.459 e. The Morgan fingerprint density at radius 2 is 1.74 bits per heavy atom. The number of benzene rings is 2. The van der Waals surface area contributed by atoms with Gasteiger partial charge in [0.15, 0.2) is 6.61 Å². The number of rotatable bonds is 6. The number of nitrogens with two attached hydrogens (primary N) is 1. The number of ether oxygens (including phenoxy) is 2. The lowest BCUT2D eigenvalue weighted by Gasteiger charge is -2.10. The molecule has 2 aromatic rings. The van der Waals surface area contributed by atoms with E-state index in [1.54, 1.807) is 26.0 Å². The predicted molar refractivity (Wildman–Crippen MR) is 102 cm³/mol. The number of hydrogen-bond donors (Lipinski definition) is 2. The highest BCUT2D eigenvalue weighted by Crippen LogP contribution is 2.19. The highest BCUT2D eigenvalue weighted by Gasteiger charge is 2.14. The topological polar surface area (TPSA) is 108 Å². The lowest BCUT2D eigenvalue weighted by Crippen LogP contribution is -2.21. The van der Waals surface area contributed by atoms with E-state index in [0.717, 1.165) is 0 Å². The van der Waals surface area contributed by atoms with Gasteiger partial charge >= 0.3 is 11.9 Å². The molecule has 27 heavy (non-hydrogen) atoms. The van der Waals surface area contributed by atoms with E-state index in [9.17, 15) is 14.4 Å². The number of nitrogens with one attached hydrogen (secondary N) is 1. The zero-order chi connectivity index (χ0) is 20.0. The Hall–Kier alpha value is -3.06. The van der Waals surface area contributed by atoms with Crippen LogP contribution in [0.2, 0.25) is 5.02 Å². The number of halogens is 1. The summed E-state index contributed by atoms with van der Waals surface area (Å²) in [4.78, 5) is 35.6. The third-order valence-electron chi connectivity index (χ3n) is 3.31. The first-order valence-electron chi connectivity index (χ1n) is 8.09. The molecule has 0 fully saturated rings. The number of anilines is 2. The van der Waals surface area contributed by atoms with Gasteiger partial charge in [0.05, 0.1) is 17.2 Å². The molecule has 0 aliphatic heterocycles. The van der Waals surface area contributed by atoms with Gasteiger partial charge in [0.25, 0.3) is 5.91 Å². The number of carbonyl (C=O) groups excluding carboxylic acids is 3. The highest BCUT2D eigenvalue weighted by molar-refractivity contribution is 6.31. The van der Waals surface area contributed by atoms with Gasteiger partial charge in [-0.25, -0.2) is 9.59 Å². The molecule has 0 unspecified atom stereocenters. The van der Waals surface area contributed by atoms with E-state index in [1.807, 2.05) is 0 Å². The standard InChI is InChI=1S/C19H19ClN2O5/c1-11(2)27-18(24)12-3-6-14(7-4-12)22-17(23)10-26-19(25)15-8-5-13(20)9-16(15)21/h3-9,11H,10,21H2,1-2H3,(H,22,23). The first-order valence-corrected chi connectivity index (χ1v) is 8.47. The third kappa shape index (κ3) is 6.00. The molecule has 142 valence electrons. The molecule has 0 aliphatic rings. The SMILES string of the molecule is CC(C)OC(=O)c1ccc(NC(=O)COC(=O)c2ccc(Cl)cc2N)cc1. The molecule has 2 aromatic carbocycles. The fourth-order valence-corrected chi connectivity index (χ4v) is 2.28. The Kier molecular flexibility index (Phi) is 6.79. The van der Waals surface area contributed by atoms with Crippen molar-refractivity contribution in [3.8, 4) is 0 Å². The van der Waals surface area contributed by atoms with Crippen LogP contribution in [0, 0.1) is 0 Å². The van der Waals surface area contributed by atoms with E-state index in [2.05, 4.69) is 5.32 Å². The maximum absolute atomic E-state index is 12.0. The maximum Gasteiger partial charge on any atom is 0.340 e. The van der Waals surface area contributed by atoms with Crippen LogP contribution in [0.3, 0.4) is 0 Å². The summed E-state index contributed by atoms with van der Waals surface area (Å²) in [7, 11) is 0. The zero-order valence-corrected chi connectivity index (χ0v) is 15.6. The van der Waals surface area contributed by atoms with Crippen LogP contribution in [0.15, 0.2) is 42.5 Å². The molecule has 0 saturated heterocycles. The van der Waals surface area contributed by atoms with E-state index >= 15 is 0 Å². The first kappa shape index (κ1) is 20.3. The minimum atomic E-state index is -0.730. The van der Waals surface area contributed by atoms with Crippen LogP contribution in [0.4, 0.5) is 11.4 Å². The molecule has 7 nitrogen and oxygen atoms in total. The van der Waals surface area contributed by atoms with Crippen LogP contribution in [0.5, 0.6) is 0 Å². The van der Waals surface area contributed by atoms with Crippen LogP contribution >= 0.6 is 11.6 Å². The van der Waals surface area contributed by atoms with Crippen LogP contribution in [-0.4, -0.2) is 30.6 Å². The fourth-order valence-electron chi connectivity index (χ4n) is 2.10. The summed E-state index contributed by atoms with van der Waals surface area (Å²) in [5.74, 6) is -1.71. The number of nitrogen functional groups attached to an aromatic ring is 1. The van der Waals surface area contributed by atoms with E-state index in [-0.39, 0.29) is 17.4 Å². The van der Waals surface area contributed by atoms with Crippen molar-refractivity contribution < 1.29 is 23.9 Å². The summed E-state index contributed by atoms with van der Waals surface area (Å²) >= 11 is 5.77. The normalized spacial score (nSPS) is 10.4. The molecular weight excluding hydrogens is 372 g/mol. The molecule has 3 N–H and O–H groups in total. The highest BCUT2D eigenvalue weighted by atomic mass is 35.5. The van der Waals surface area contributed by atoms with Crippen LogP contribution in [0.25, 0.3) is 0 Å². The van der Waals surface area contributed by atoms with Crippen molar-refractivity contribution in [2.75, 3.05) is 17.7 Å². The van der Waals surface area contributed by atoms with Crippen LogP contribution < -0.4 is 11.1 Å².